The maximum absolute atomic E-state index is 11.5. The fraction of sp³-hybridized carbons (Fsp3) is 0.462. The third-order valence-corrected chi connectivity index (χ3v) is 4.52. The Morgan fingerprint density at radius 2 is 2.00 bits per heavy atom. The van der Waals surface area contributed by atoms with Crippen molar-refractivity contribution in [3.05, 3.63) is 34.3 Å². The highest BCUT2D eigenvalue weighted by atomic mass is 35.5. The molecule has 1 amide bonds. The molecule has 92 valence electrons. The van der Waals surface area contributed by atoms with Gasteiger partial charge in [-0.2, -0.15) is 0 Å². The molecule has 2 nitrogen and oxygen atoms in total. The summed E-state index contributed by atoms with van der Waals surface area (Å²) in [4.78, 5) is 13.6. The molecule has 0 aromatic heterocycles. The molecule has 0 aliphatic heterocycles. The number of rotatable bonds is 3. The molecule has 0 radical (unpaired) electrons. The molecule has 1 aromatic carbocycles. The normalized spacial score (nSPS) is 26.7. The lowest BCUT2D eigenvalue weighted by Gasteiger charge is -2.07. The fourth-order valence-electron chi connectivity index (χ4n) is 2.35. The molecule has 0 spiro atoms. The second-order valence-corrected chi connectivity index (χ2v) is 5.36. The molecule has 0 bridgehead atoms. The Hall–Kier alpha value is -0.730. The molecule has 4 heteroatoms. The van der Waals surface area contributed by atoms with Crippen molar-refractivity contribution in [1.29, 1.82) is 0 Å². The number of halogens is 2. The number of carbonyl (C=O) groups excluding carboxylic acids is 1. The fourth-order valence-corrected chi connectivity index (χ4v) is 2.75. The molecule has 17 heavy (non-hydrogen) atoms. The average Bonchev–Trinajstić information content (AvgIpc) is 2.89. The van der Waals surface area contributed by atoms with Crippen LogP contribution in [0.1, 0.15) is 29.8 Å². The highest BCUT2D eigenvalue weighted by Gasteiger charge is 2.42. The van der Waals surface area contributed by atoms with Gasteiger partial charge in [0.25, 0.3) is 5.91 Å². The summed E-state index contributed by atoms with van der Waals surface area (Å²) in [5, 5.41) is 0.525. The number of carbonyl (C=O) groups is 1. The van der Waals surface area contributed by atoms with Crippen LogP contribution in [0.15, 0.2) is 18.2 Å². The number of amides is 1. The highest BCUT2D eigenvalue weighted by Crippen LogP contribution is 2.48. The largest absolute Gasteiger partial charge is 0.268 e. The minimum absolute atomic E-state index is 0.351. The molecule has 0 saturated heterocycles. The summed E-state index contributed by atoms with van der Waals surface area (Å²) < 4.78 is 0. The first-order valence-corrected chi connectivity index (χ1v) is 6.50. The van der Waals surface area contributed by atoms with Gasteiger partial charge >= 0.3 is 0 Å². The van der Waals surface area contributed by atoms with Gasteiger partial charge in [0.15, 0.2) is 0 Å². The van der Waals surface area contributed by atoms with Crippen molar-refractivity contribution < 1.29 is 4.79 Å². The van der Waals surface area contributed by atoms with Crippen LogP contribution >= 0.6 is 23.4 Å². The van der Waals surface area contributed by atoms with Crippen molar-refractivity contribution in [2.75, 3.05) is 0 Å². The van der Waals surface area contributed by atoms with Crippen LogP contribution in [0.3, 0.4) is 0 Å². The molecular formula is C13H15Cl2NO. The van der Waals surface area contributed by atoms with Gasteiger partial charge in [0.2, 0.25) is 0 Å². The molecule has 1 aromatic rings. The molecule has 2 unspecified atom stereocenters. The van der Waals surface area contributed by atoms with Gasteiger partial charge in [-0.05, 0) is 35.8 Å². The quantitative estimate of drug-likeness (QED) is 0.836. The monoisotopic (exact) mass is 271 g/mol. The van der Waals surface area contributed by atoms with Crippen LogP contribution in [0.25, 0.3) is 0 Å². The zero-order chi connectivity index (χ0) is 12.6. The molecule has 1 aliphatic carbocycles. The van der Waals surface area contributed by atoms with Crippen LogP contribution in [0.5, 0.6) is 0 Å². The van der Waals surface area contributed by atoms with Gasteiger partial charge in [0.1, 0.15) is 0 Å². The summed E-state index contributed by atoms with van der Waals surface area (Å²) in [6.45, 7) is 4.50. The van der Waals surface area contributed by atoms with Crippen molar-refractivity contribution in [1.82, 2.24) is 4.84 Å². The van der Waals surface area contributed by atoms with Crippen LogP contribution in [0.4, 0.5) is 0 Å². The first kappa shape index (κ1) is 12.7. The Bertz CT molecular complexity index is 439. The van der Waals surface area contributed by atoms with E-state index in [1.165, 1.54) is 0 Å². The summed E-state index contributed by atoms with van der Waals surface area (Å²) in [5.41, 5.74) is 1.48. The molecule has 1 aliphatic rings. The van der Waals surface area contributed by atoms with Gasteiger partial charge < -0.3 is 0 Å². The summed E-state index contributed by atoms with van der Waals surface area (Å²) in [7, 11) is 0. The van der Waals surface area contributed by atoms with E-state index in [-0.39, 0.29) is 5.91 Å². The summed E-state index contributed by atoms with van der Waals surface area (Å²) >= 11 is 11.5. The van der Waals surface area contributed by atoms with Crippen molar-refractivity contribution in [3.8, 4) is 0 Å². The van der Waals surface area contributed by atoms with E-state index >= 15 is 0 Å². The van der Waals surface area contributed by atoms with Crippen molar-refractivity contribution in [3.63, 3.8) is 0 Å². The lowest BCUT2D eigenvalue weighted by atomic mass is 10.0. The Labute approximate surface area is 111 Å². The number of benzene rings is 1. The second kappa shape index (κ2) is 4.87. The van der Waals surface area contributed by atoms with Gasteiger partial charge in [-0.3, -0.25) is 9.63 Å². The van der Waals surface area contributed by atoms with Crippen LogP contribution in [0.2, 0.25) is 5.02 Å². The van der Waals surface area contributed by atoms with Gasteiger partial charge in [-0.25, -0.2) is 0 Å². The highest BCUT2D eigenvalue weighted by molar-refractivity contribution is 6.36. The number of hydrogen-bond acceptors (Lipinski definition) is 1. The van der Waals surface area contributed by atoms with E-state index in [4.69, 9.17) is 23.4 Å². The molecule has 2 rings (SSSR count). The Balaban J connectivity index is 2.21. The lowest BCUT2D eigenvalue weighted by Crippen LogP contribution is -2.13. The Morgan fingerprint density at radius 3 is 2.53 bits per heavy atom. The third-order valence-electron chi connectivity index (χ3n) is 3.90. The van der Waals surface area contributed by atoms with Gasteiger partial charge in [-0.15, -0.1) is 0 Å². The molecule has 0 heterocycles. The Morgan fingerprint density at radius 1 is 1.35 bits per heavy atom. The maximum Gasteiger partial charge on any atom is 0.267 e. The molecule has 1 fully saturated rings. The van der Waals surface area contributed by atoms with E-state index < -0.39 is 0 Å². The first-order valence-electron chi connectivity index (χ1n) is 5.74. The summed E-state index contributed by atoms with van der Waals surface area (Å²) in [6, 6.07) is 5.51. The Kier molecular flexibility index (Phi) is 3.64. The smallest absolute Gasteiger partial charge is 0.267 e. The average molecular weight is 272 g/mol. The summed E-state index contributed by atoms with van der Waals surface area (Å²) in [5.74, 6) is 1.82. The van der Waals surface area contributed by atoms with Gasteiger partial charge in [-0.1, -0.05) is 37.6 Å². The SMILES string of the molecule is CC1C(C)C1Cc1cccc(C(=O)NCl)c1Cl. The zero-order valence-corrected chi connectivity index (χ0v) is 11.3. The van der Waals surface area contributed by atoms with E-state index in [0.29, 0.717) is 16.5 Å². The third kappa shape index (κ3) is 2.43. The predicted octanol–water partition coefficient (Wildman–Crippen LogP) is 3.67. The van der Waals surface area contributed by atoms with E-state index in [1.807, 2.05) is 12.1 Å². The minimum atomic E-state index is -0.351. The van der Waals surface area contributed by atoms with E-state index in [1.54, 1.807) is 6.07 Å². The predicted molar refractivity (Wildman–Crippen MR) is 70.3 cm³/mol. The maximum atomic E-state index is 11.5. The van der Waals surface area contributed by atoms with E-state index in [9.17, 15) is 4.79 Å². The van der Waals surface area contributed by atoms with Crippen LogP contribution in [-0.2, 0) is 6.42 Å². The summed E-state index contributed by atoms with van der Waals surface area (Å²) in [6.07, 6.45) is 0.935. The molecular weight excluding hydrogens is 257 g/mol. The molecule has 2 atom stereocenters. The van der Waals surface area contributed by atoms with Crippen molar-refractivity contribution in [2.45, 2.75) is 20.3 Å². The lowest BCUT2D eigenvalue weighted by molar-refractivity contribution is 0.0982. The molecule has 1 saturated carbocycles. The van der Waals surface area contributed by atoms with Crippen LogP contribution < -0.4 is 4.84 Å². The van der Waals surface area contributed by atoms with Gasteiger partial charge in [0, 0.05) is 11.8 Å². The van der Waals surface area contributed by atoms with E-state index in [2.05, 4.69) is 18.7 Å². The first-order chi connectivity index (χ1) is 8.06. The molecule has 1 N–H and O–H groups in total. The van der Waals surface area contributed by atoms with Crippen molar-refractivity contribution >= 4 is 29.3 Å². The van der Waals surface area contributed by atoms with Gasteiger partial charge in [0.05, 0.1) is 10.6 Å². The van der Waals surface area contributed by atoms with E-state index in [0.717, 1.165) is 23.8 Å². The minimum Gasteiger partial charge on any atom is -0.268 e. The second-order valence-electron chi connectivity index (χ2n) is 4.79. The van der Waals surface area contributed by atoms with Crippen LogP contribution in [-0.4, -0.2) is 5.91 Å². The number of nitrogens with one attached hydrogen (secondary N) is 1. The zero-order valence-electron chi connectivity index (χ0n) is 9.84. The number of hydrogen-bond donors (Lipinski definition) is 1. The topological polar surface area (TPSA) is 29.1 Å². The standard InChI is InChI=1S/C13H15Cl2NO/c1-7-8(2)11(7)6-9-4-3-5-10(12(9)14)13(17)16-15/h3-5,7-8,11H,6H2,1-2H3,(H,16,17). The van der Waals surface area contributed by atoms with Crippen molar-refractivity contribution in [2.24, 2.45) is 17.8 Å². The van der Waals surface area contributed by atoms with Crippen LogP contribution in [0, 0.1) is 17.8 Å².